The number of halogens is 1. The van der Waals surface area contributed by atoms with E-state index in [-0.39, 0.29) is 5.56 Å². The van der Waals surface area contributed by atoms with Crippen LogP contribution in [0.15, 0.2) is 27.9 Å². The van der Waals surface area contributed by atoms with Gasteiger partial charge >= 0.3 is 0 Å². The van der Waals surface area contributed by atoms with E-state index in [2.05, 4.69) is 36.2 Å². The molecule has 3 aromatic heterocycles. The fourth-order valence-electron chi connectivity index (χ4n) is 2.34. The second kappa shape index (κ2) is 5.13. The van der Waals surface area contributed by atoms with Gasteiger partial charge in [0.25, 0.3) is 5.56 Å². The summed E-state index contributed by atoms with van der Waals surface area (Å²) < 4.78 is 2.29. The fraction of sp³-hybridized carbons (Fsp3) is 0.286. The maximum atomic E-state index is 12.3. The van der Waals surface area contributed by atoms with Crippen molar-refractivity contribution in [1.82, 2.24) is 19.5 Å². The molecule has 1 saturated carbocycles. The summed E-state index contributed by atoms with van der Waals surface area (Å²) in [5.41, 5.74) is 2.26. The molecule has 3 aromatic rings. The lowest BCUT2D eigenvalue weighted by molar-refractivity contribution is 0.843. The van der Waals surface area contributed by atoms with Gasteiger partial charge in [-0.25, -0.2) is 9.97 Å². The van der Waals surface area contributed by atoms with Crippen molar-refractivity contribution in [3.8, 4) is 0 Å². The van der Waals surface area contributed by atoms with Gasteiger partial charge in [-0.2, -0.15) is 4.98 Å². The summed E-state index contributed by atoms with van der Waals surface area (Å²) in [6.07, 6.45) is 5.92. The molecule has 0 aromatic carbocycles. The summed E-state index contributed by atoms with van der Waals surface area (Å²) in [7, 11) is 1.78. The molecule has 4 rings (SSSR count). The second-order valence-corrected chi connectivity index (χ2v) is 7.13. The summed E-state index contributed by atoms with van der Waals surface area (Å²) in [4.78, 5) is 25.9. The number of nitrogens with one attached hydrogen (secondary N) is 1. The van der Waals surface area contributed by atoms with Crippen LogP contribution in [0.3, 0.4) is 0 Å². The summed E-state index contributed by atoms with van der Waals surface area (Å²) >= 11 is 4.67. The minimum atomic E-state index is -0.0641. The minimum Gasteiger partial charge on any atom is -0.327 e. The van der Waals surface area contributed by atoms with Crippen molar-refractivity contribution in [3.05, 3.63) is 39.0 Å². The van der Waals surface area contributed by atoms with Gasteiger partial charge in [-0.3, -0.25) is 4.79 Å². The molecule has 1 aliphatic rings. The van der Waals surface area contributed by atoms with Crippen LogP contribution in [0, 0.1) is 0 Å². The van der Waals surface area contributed by atoms with E-state index in [0.29, 0.717) is 27.0 Å². The van der Waals surface area contributed by atoms with Crippen LogP contribution in [-0.4, -0.2) is 19.5 Å². The van der Waals surface area contributed by atoms with Crippen molar-refractivity contribution in [2.75, 3.05) is 5.32 Å². The van der Waals surface area contributed by atoms with Crippen molar-refractivity contribution in [2.45, 2.75) is 18.8 Å². The monoisotopic (exact) mass is 377 g/mol. The summed E-state index contributed by atoms with van der Waals surface area (Å²) in [5.74, 6) is 0.585. The van der Waals surface area contributed by atoms with Crippen LogP contribution in [0.25, 0.3) is 10.5 Å². The Bertz CT molecular complexity index is 931. The first-order chi connectivity index (χ1) is 10.6. The second-order valence-electron chi connectivity index (χ2n) is 5.34. The zero-order valence-corrected chi connectivity index (χ0v) is 14.1. The lowest BCUT2D eigenvalue weighted by Gasteiger charge is -2.08. The van der Waals surface area contributed by atoms with E-state index in [9.17, 15) is 4.79 Å². The molecule has 1 aliphatic carbocycles. The highest BCUT2D eigenvalue weighted by Gasteiger charge is 2.25. The van der Waals surface area contributed by atoms with E-state index in [1.54, 1.807) is 17.8 Å². The van der Waals surface area contributed by atoms with Gasteiger partial charge in [0.1, 0.15) is 10.3 Å². The number of fused-ring (bicyclic) bond motifs is 1. The van der Waals surface area contributed by atoms with Crippen molar-refractivity contribution >= 4 is 48.6 Å². The molecule has 0 unspecified atom stereocenters. The molecule has 1 N–H and O–H groups in total. The highest BCUT2D eigenvalue weighted by Crippen LogP contribution is 2.40. The normalized spacial score (nSPS) is 14.5. The van der Waals surface area contributed by atoms with Gasteiger partial charge in [0.2, 0.25) is 0 Å². The van der Waals surface area contributed by atoms with Gasteiger partial charge in [-0.05, 0) is 46.3 Å². The Morgan fingerprint density at radius 1 is 1.41 bits per heavy atom. The minimum absolute atomic E-state index is 0.0641. The van der Waals surface area contributed by atoms with Crippen LogP contribution in [0.5, 0.6) is 0 Å². The smallest absolute Gasteiger partial charge is 0.274 e. The molecule has 8 heteroatoms. The maximum absolute atomic E-state index is 12.3. The van der Waals surface area contributed by atoms with Crippen LogP contribution in [0.1, 0.15) is 24.3 Å². The molecule has 6 nitrogen and oxygen atoms in total. The van der Waals surface area contributed by atoms with Gasteiger partial charge in [-0.1, -0.05) is 11.3 Å². The van der Waals surface area contributed by atoms with E-state index >= 15 is 0 Å². The Kier molecular flexibility index (Phi) is 3.23. The summed E-state index contributed by atoms with van der Waals surface area (Å²) in [6, 6.07) is 1.93. The number of aromatic nitrogens is 4. The van der Waals surface area contributed by atoms with Crippen LogP contribution in [0.2, 0.25) is 0 Å². The summed E-state index contributed by atoms with van der Waals surface area (Å²) in [5, 5.41) is 3.75. The molecule has 0 atom stereocenters. The van der Waals surface area contributed by atoms with E-state index < -0.39 is 0 Å². The molecular weight excluding hydrogens is 366 g/mol. The number of hydrogen-bond acceptors (Lipinski definition) is 6. The topological polar surface area (TPSA) is 72.7 Å². The molecule has 1 fully saturated rings. The Hall–Kier alpha value is -1.80. The Morgan fingerprint density at radius 2 is 2.23 bits per heavy atom. The molecule has 112 valence electrons. The molecule has 3 heterocycles. The first kappa shape index (κ1) is 13.8. The third kappa shape index (κ3) is 2.52. The largest absolute Gasteiger partial charge is 0.327 e. The van der Waals surface area contributed by atoms with Gasteiger partial charge in [0.15, 0.2) is 15.6 Å². The number of aryl methyl sites for hydroxylation is 1. The van der Waals surface area contributed by atoms with Crippen molar-refractivity contribution in [2.24, 2.45) is 7.05 Å². The molecule has 0 saturated heterocycles. The zero-order chi connectivity index (χ0) is 15.3. The zero-order valence-electron chi connectivity index (χ0n) is 11.7. The number of thiazole rings is 1. The van der Waals surface area contributed by atoms with Crippen molar-refractivity contribution in [1.29, 1.82) is 0 Å². The average Bonchev–Trinajstić information content (AvgIpc) is 3.25. The number of hydrogen-bond donors (Lipinski definition) is 1. The molecule has 0 aliphatic heterocycles. The summed E-state index contributed by atoms with van der Waals surface area (Å²) in [6.45, 7) is 0. The van der Waals surface area contributed by atoms with Gasteiger partial charge in [0.05, 0.1) is 6.20 Å². The lowest BCUT2D eigenvalue weighted by atomic mass is 10.2. The van der Waals surface area contributed by atoms with E-state index in [4.69, 9.17) is 0 Å². The van der Waals surface area contributed by atoms with Crippen molar-refractivity contribution < 1.29 is 0 Å². The van der Waals surface area contributed by atoms with Crippen LogP contribution in [0.4, 0.5) is 10.8 Å². The predicted molar refractivity (Wildman–Crippen MR) is 89.9 cm³/mol. The number of anilines is 2. The first-order valence-electron chi connectivity index (χ1n) is 6.87. The maximum Gasteiger partial charge on any atom is 0.274 e. The molecule has 0 bridgehead atoms. The lowest BCUT2D eigenvalue weighted by Crippen LogP contribution is -2.19. The predicted octanol–water partition coefficient (Wildman–Crippen LogP) is 3.17. The standard InChI is InChI=1S/C14H12BrN5OS/c1-20-6-8(7-2-3-7)4-9(13(20)21)17-14-19-11-12(22-14)18-10(15)5-16-11/h4-7H,2-3H2,1H3,(H,16,17,19). The third-order valence-corrected chi connectivity index (χ3v) is 4.82. The van der Waals surface area contributed by atoms with Crippen molar-refractivity contribution in [3.63, 3.8) is 0 Å². The molecule has 0 amide bonds. The van der Waals surface area contributed by atoms with Crippen LogP contribution in [-0.2, 0) is 7.05 Å². The van der Waals surface area contributed by atoms with Gasteiger partial charge in [0, 0.05) is 13.2 Å². The van der Waals surface area contributed by atoms with E-state index in [1.807, 2.05) is 12.3 Å². The molecule has 0 spiro atoms. The molecular formula is C14H12BrN5OS. The van der Waals surface area contributed by atoms with Gasteiger partial charge in [-0.15, -0.1) is 0 Å². The fourth-order valence-corrected chi connectivity index (χ4v) is 3.54. The van der Waals surface area contributed by atoms with Crippen LogP contribution < -0.4 is 10.9 Å². The Labute approximate surface area is 138 Å². The quantitative estimate of drug-likeness (QED) is 0.758. The van der Waals surface area contributed by atoms with E-state index in [1.165, 1.54) is 29.7 Å². The number of nitrogens with zero attached hydrogens (tertiary/aromatic N) is 4. The Morgan fingerprint density at radius 3 is 3.00 bits per heavy atom. The van der Waals surface area contributed by atoms with Crippen LogP contribution >= 0.6 is 27.3 Å². The SMILES string of the molecule is Cn1cc(C2CC2)cc(Nc2nc3ncc(Br)nc3s2)c1=O. The van der Waals surface area contributed by atoms with Gasteiger partial charge < -0.3 is 9.88 Å². The number of pyridine rings is 1. The Balaban J connectivity index is 1.73. The third-order valence-electron chi connectivity index (χ3n) is 3.59. The molecule has 22 heavy (non-hydrogen) atoms. The average molecular weight is 378 g/mol. The first-order valence-corrected chi connectivity index (χ1v) is 8.48. The highest BCUT2D eigenvalue weighted by molar-refractivity contribution is 9.10. The molecule has 0 radical (unpaired) electrons. The number of rotatable bonds is 3. The van der Waals surface area contributed by atoms with E-state index in [0.717, 1.165) is 4.83 Å². The highest BCUT2D eigenvalue weighted by atomic mass is 79.9.